The highest BCUT2D eigenvalue weighted by atomic mass is 19.2. The number of esters is 1. The molecule has 0 aliphatic carbocycles. The van der Waals surface area contributed by atoms with Crippen LogP contribution in [-0.2, 0) is 0 Å². The summed E-state index contributed by atoms with van der Waals surface area (Å²) in [7, 11) is 0. The molecule has 176 valence electrons. The molecule has 0 heterocycles. The smallest absolute Gasteiger partial charge is 0.343 e. The van der Waals surface area contributed by atoms with E-state index in [0.29, 0.717) is 11.1 Å². The summed E-state index contributed by atoms with van der Waals surface area (Å²) in [5, 5.41) is 0. The second kappa shape index (κ2) is 10.3. The van der Waals surface area contributed by atoms with Gasteiger partial charge in [-0.1, -0.05) is 66.7 Å². The molecule has 0 aliphatic rings. The highest BCUT2D eigenvalue weighted by Gasteiger charge is 2.17. The van der Waals surface area contributed by atoms with E-state index in [9.17, 15) is 18.0 Å². The minimum absolute atomic E-state index is 0.0550. The monoisotopic (exact) mass is 474 g/mol. The molecule has 3 nitrogen and oxygen atoms in total. The van der Waals surface area contributed by atoms with Gasteiger partial charge in [-0.15, -0.1) is 0 Å². The van der Waals surface area contributed by atoms with Crippen LogP contribution < -0.4 is 9.47 Å². The molecule has 0 fully saturated rings. The lowest BCUT2D eigenvalue weighted by Crippen LogP contribution is -2.09. The van der Waals surface area contributed by atoms with Crippen molar-refractivity contribution in [3.63, 3.8) is 0 Å². The first-order valence-electron chi connectivity index (χ1n) is 10.8. The molecular weight excluding hydrogens is 453 g/mol. The molecule has 0 saturated carbocycles. The molecule has 0 atom stereocenters. The third-order valence-electron chi connectivity index (χ3n) is 5.35. The molecule has 0 bridgehead atoms. The fourth-order valence-corrected chi connectivity index (χ4v) is 3.48. The van der Waals surface area contributed by atoms with Crippen molar-refractivity contribution in [1.82, 2.24) is 0 Å². The van der Waals surface area contributed by atoms with Gasteiger partial charge in [0.25, 0.3) is 0 Å². The molecule has 0 aliphatic heterocycles. The number of hydrogen-bond acceptors (Lipinski definition) is 3. The van der Waals surface area contributed by atoms with Gasteiger partial charge in [0.05, 0.1) is 5.56 Å². The van der Waals surface area contributed by atoms with E-state index in [1.54, 1.807) is 12.1 Å². The first kappa shape index (κ1) is 23.8. The molecule has 0 N–H and O–H groups in total. The first-order chi connectivity index (χ1) is 16.9. The van der Waals surface area contributed by atoms with Crippen molar-refractivity contribution in [3.8, 4) is 33.8 Å². The van der Waals surface area contributed by atoms with Gasteiger partial charge in [-0.3, -0.25) is 0 Å². The van der Waals surface area contributed by atoms with Gasteiger partial charge in [-0.2, -0.15) is 0 Å². The van der Waals surface area contributed by atoms with Crippen LogP contribution in [0.1, 0.15) is 15.9 Å². The van der Waals surface area contributed by atoms with Crippen LogP contribution in [0.15, 0.2) is 91.5 Å². The molecule has 0 amide bonds. The number of halogens is 3. The summed E-state index contributed by atoms with van der Waals surface area (Å²) < 4.78 is 54.3. The lowest BCUT2D eigenvalue weighted by Gasteiger charge is -2.11. The van der Waals surface area contributed by atoms with Crippen molar-refractivity contribution in [3.05, 3.63) is 120 Å². The highest BCUT2D eigenvalue weighted by Crippen LogP contribution is 2.32. The number of ether oxygens (including phenoxy) is 2. The number of carbonyl (C=O) groups is 1. The van der Waals surface area contributed by atoms with E-state index in [0.717, 1.165) is 11.6 Å². The standard InChI is InChI=1S/C29H21F3O3/c1-3-16-34-22-12-15-26(25(30)17-22)35-29(33)21-10-8-20(9-11-21)24-14-13-23(27(31)28(24)32)19-6-4-18(2)5-7-19/h3-15,17H,1,16H2,2H3. The number of hydrogen-bond donors (Lipinski definition) is 0. The number of aryl methyl sites for hydroxylation is 1. The topological polar surface area (TPSA) is 35.5 Å². The molecule has 6 heteroatoms. The fraction of sp³-hybridized carbons (Fsp3) is 0.0690. The molecule has 35 heavy (non-hydrogen) atoms. The summed E-state index contributed by atoms with van der Waals surface area (Å²) in [5.41, 5.74) is 2.31. The molecular formula is C29H21F3O3. The minimum atomic E-state index is -0.987. The van der Waals surface area contributed by atoms with Crippen molar-refractivity contribution in [1.29, 1.82) is 0 Å². The van der Waals surface area contributed by atoms with Crippen LogP contribution in [-0.4, -0.2) is 12.6 Å². The van der Waals surface area contributed by atoms with Gasteiger partial charge >= 0.3 is 5.97 Å². The zero-order valence-electron chi connectivity index (χ0n) is 18.9. The Morgan fingerprint density at radius 3 is 1.94 bits per heavy atom. The van der Waals surface area contributed by atoms with E-state index in [-0.39, 0.29) is 34.8 Å². The van der Waals surface area contributed by atoms with Crippen molar-refractivity contribution >= 4 is 5.97 Å². The summed E-state index contributed by atoms with van der Waals surface area (Å²) in [4.78, 5) is 12.5. The van der Waals surface area contributed by atoms with Crippen LogP contribution in [0.25, 0.3) is 22.3 Å². The molecule has 0 saturated heterocycles. The molecule has 4 aromatic carbocycles. The SMILES string of the molecule is C=CCOc1ccc(OC(=O)c2ccc(-c3ccc(-c4ccc(C)cc4)c(F)c3F)cc2)c(F)c1. The summed E-state index contributed by atoms with van der Waals surface area (Å²) in [6.45, 7) is 5.64. The Morgan fingerprint density at radius 2 is 1.40 bits per heavy atom. The second-order valence-corrected chi connectivity index (χ2v) is 7.81. The average molecular weight is 474 g/mol. The Morgan fingerprint density at radius 1 is 0.829 bits per heavy atom. The second-order valence-electron chi connectivity index (χ2n) is 7.81. The molecule has 0 aromatic heterocycles. The Balaban J connectivity index is 1.52. The van der Waals surface area contributed by atoms with Crippen LogP contribution in [0.5, 0.6) is 11.5 Å². The molecule has 0 radical (unpaired) electrons. The van der Waals surface area contributed by atoms with Gasteiger partial charge in [-0.25, -0.2) is 18.0 Å². The number of carbonyl (C=O) groups excluding carboxylic acids is 1. The Bertz CT molecular complexity index is 1380. The van der Waals surface area contributed by atoms with E-state index in [1.165, 1.54) is 54.6 Å². The summed E-state index contributed by atoms with van der Waals surface area (Å²) in [5.74, 6) is -3.48. The van der Waals surface area contributed by atoms with Crippen molar-refractivity contribution < 1.29 is 27.4 Å². The van der Waals surface area contributed by atoms with Crippen LogP contribution in [0, 0.1) is 24.4 Å². The van der Waals surface area contributed by atoms with Gasteiger partial charge in [-0.05, 0) is 42.3 Å². The van der Waals surface area contributed by atoms with E-state index >= 15 is 0 Å². The van der Waals surface area contributed by atoms with Gasteiger partial charge in [0, 0.05) is 17.2 Å². The number of benzene rings is 4. The zero-order valence-corrected chi connectivity index (χ0v) is 18.9. The van der Waals surface area contributed by atoms with Crippen molar-refractivity contribution in [2.24, 2.45) is 0 Å². The largest absolute Gasteiger partial charge is 0.489 e. The predicted molar refractivity (Wildman–Crippen MR) is 129 cm³/mol. The Kier molecular flexibility index (Phi) is 7.01. The third kappa shape index (κ3) is 5.27. The van der Waals surface area contributed by atoms with Gasteiger partial charge < -0.3 is 9.47 Å². The third-order valence-corrected chi connectivity index (χ3v) is 5.35. The maximum atomic E-state index is 14.9. The van der Waals surface area contributed by atoms with Crippen molar-refractivity contribution in [2.75, 3.05) is 6.61 Å². The van der Waals surface area contributed by atoms with E-state index in [4.69, 9.17) is 9.47 Å². The average Bonchev–Trinajstić information content (AvgIpc) is 2.86. The summed E-state index contributed by atoms with van der Waals surface area (Å²) in [6.07, 6.45) is 1.52. The Labute approximate surface area is 201 Å². The summed E-state index contributed by atoms with van der Waals surface area (Å²) >= 11 is 0. The van der Waals surface area contributed by atoms with Crippen LogP contribution in [0.4, 0.5) is 13.2 Å². The maximum absolute atomic E-state index is 14.9. The normalized spacial score (nSPS) is 10.6. The zero-order chi connectivity index (χ0) is 24.9. The van der Waals surface area contributed by atoms with Gasteiger partial charge in [0.15, 0.2) is 23.2 Å². The molecule has 0 spiro atoms. The first-order valence-corrected chi connectivity index (χ1v) is 10.8. The maximum Gasteiger partial charge on any atom is 0.343 e. The fourth-order valence-electron chi connectivity index (χ4n) is 3.48. The predicted octanol–water partition coefficient (Wildman–Crippen LogP) is 7.53. The lowest BCUT2D eigenvalue weighted by atomic mass is 9.98. The Hall–Kier alpha value is -4.32. The van der Waals surface area contributed by atoms with E-state index in [1.807, 2.05) is 19.1 Å². The van der Waals surface area contributed by atoms with E-state index < -0.39 is 23.4 Å². The minimum Gasteiger partial charge on any atom is -0.489 e. The molecule has 0 unspecified atom stereocenters. The van der Waals surface area contributed by atoms with Crippen molar-refractivity contribution in [2.45, 2.75) is 6.92 Å². The van der Waals surface area contributed by atoms with Crippen LogP contribution in [0.2, 0.25) is 0 Å². The molecule has 4 rings (SSSR count). The van der Waals surface area contributed by atoms with Crippen LogP contribution >= 0.6 is 0 Å². The lowest BCUT2D eigenvalue weighted by molar-refractivity contribution is 0.0727. The van der Waals surface area contributed by atoms with Crippen LogP contribution in [0.3, 0.4) is 0 Å². The molecule has 4 aromatic rings. The highest BCUT2D eigenvalue weighted by molar-refractivity contribution is 5.91. The quantitative estimate of drug-likeness (QED) is 0.158. The summed E-state index contributed by atoms with van der Waals surface area (Å²) in [6, 6.07) is 19.8. The number of rotatable bonds is 7. The van der Waals surface area contributed by atoms with Gasteiger partial charge in [0.1, 0.15) is 12.4 Å². The van der Waals surface area contributed by atoms with Gasteiger partial charge in [0.2, 0.25) is 0 Å². The van der Waals surface area contributed by atoms with E-state index in [2.05, 4.69) is 6.58 Å².